The minimum atomic E-state index is -0.970. The largest absolute Gasteiger partial charge is 0.478 e. The molecule has 99 valence electrons. The van der Waals surface area contributed by atoms with E-state index in [4.69, 9.17) is 10.2 Å². The number of carbonyl (C=O) groups is 2. The molecule has 0 fully saturated rings. The van der Waals surface area contributed by atoms with Crippen LogP contribution in [0.25, 0.3) is 11.1 Å². The third-order valence-corrected chi connectivity index (χ3v) is 2.60. The van der Waals surface area contributed by atoms with Crippen LogP contribution in [0.2, 0.25) is 0 Å². The Bertz CT molecular complexity index is 532. The van der Waals surface area contributed by atoms with Gasteiger partial charge in [-0.2, -0.15) is 0 Å². The quantitative estimate of drug-likeness (QED) is 0.914. The summed E-state index contributed by atoms with van der Waals surface area (Å²) in [6.45, 7) is 0. The Labute approximate surface area is 119 Å². The van der Waals surface area contributed by atoms with Crippen LogP contribution in [0.15, 0.2) is 48.5 Å². The normalized spacial score (nSPS) is 9.47. The fraction of sp³-hybridized carbons (Fsp3) is 0. The van der Waals surface area contributed by atoms with Gasteiger partial charge in [-0.05, 0) is 35.4 Å². The van der Waals surface area contributed by atoms with Crippen molar-refractivity contribution in [1.29, 1.82) is 0 Å². The second kappa shape index (κ2) is 6.17. The molecule has 0 saturated carbocycles. The van der Waals surface area contributed by atoms with Crippen molar-refractivity contribution in [2.75, 3.05) is 0 Å². The number of carboxylic acids is 2. The summed E-state index contributed by atoms with van der Waals surface area (Å²) in [5, 5.41) is 17.6. The van der Waals surface area contributed by atoms with Crippen molar-refractivity contribution in [1.82, 2.24) is 0 Å². The third-order valence-electron chi connectivity index (χ3n) is 2.60. The van der Waals surface area contributed by atoms with E-state index in [0.29, 0.717) is 0 Å². The summed E-state index contributed by atoms with van der Waals surface area (Å²) in [6, 6.07) is 12.8. The van der Waals surface area contributed by atoms with Crippen LogP contribution >= 0.6 is 0 Å². The van der Waals surface area contributed by atoms with E-state index in [1.807, 2.05) is 0 Å². The van der Waals surface area contributed by atoms with E-state index in [1.165, 1.54) is 24.3 Å². The average molecular weight is 301 g/mol. The number of rotatable bonds is 3. The molecule has 19 heavy (non-hydrogen) atoms. The van der Waals surface area contributed by atoms with Gasteiger partial charge in [0.1, 0.15) is 0 Å². The zero-order valence-corrected chi connectivity index (χ0v) is 10.7. The van der Waals surface area contributed by atoms with Gasteiger partial charge in [0.15, 0.2) is 0 Å². The van der Waals surface area contributed by atoms with Crippen molar-refractivity contribution >= 4 is 11.9 Å². The molecular formula is C14H10CoO4. The van der Waals surface area contributed by atoms with E-state index < -0.39 is 11.9 Å². The molecule has 0 aliphatic rings. The maximum atomic E-state index is 10.7. The molecule has 2 aromatic rings. The van der Waals surface area contributed by atoms with Crippen LogP contribution in [0, 0.1) is 0 Å². The van der Waals surface area contributed by atoms with Crippen molar-refractivity contribution in [2.24, 2.45) is 0 Å². The van der Waals surface area contributed by atoms with E-state index in [0.717, 1.165) is 11.1 Å². The van der Waals surface area contributed by atoms with Gasteiger partial charge in [0.25, 0.3) is 0 Å². The second-order valence-electron chi connectivity index (χ2n) is 3.77. The number of carboxylic acid groups (broad SMARTS) is 2. The molecule has 0 saturated heterocycles. The fourth-order valence-corrected chi connectivity index (χ4v) is 1.61. The summed E-state index contributed by atoms with van der Waals surface area (Å²) < 4.78 is 0. The number of hydrogen-bond acceptors (Lipinski definition) is 2. The predicted octanol–water partition coefficient (Wildman–Crippen LogP) is 2.75. The monoisotopic (exact) mass is 301 g/mol. The SMILES string of the molecule is O=C(O)c1ccc(-c2ccc(C(=O)O)cc2)cc1.[Co]. The van der Waals surface area contributed by atoms with Gasteiger partial charge < -0.3 is 10.2 Å². The Hall–Kier alpha value is -2.11. The van der Waals surface area contributed by atoms with Crippen molar-refractivity contribution < 1.29 is 36.6 Å². The molecule has 0 amide bonds. The zero-order chi connectivity index (χ0) is 13.1. The van der Waals surface area contributed by atoms with Gasteiger partial charge in [-0.15, -0.1) is 0 Å². The van der Waals surface area contributed by atoms with Gasteiger partial charge in [0.2, 0.25) is 0 Å². The summed E-state index contributed by atoms with van der Waals surface area (Å²) in [7, 11) is 0. The van der Waals surface area contributed by atoms with Crippen molar-refractivity contribution in [3.8, 4) is 11.1 Å². The topological polar surface area (TPSA) is 74.6 Å². The summed E-state index contributed by atoms with van der Waals surface area (Å²) >= 11 is 0. The predicted molar refractivity (Wildman–Crippen MR) is 65.8 cm³/mol. The zero-order valence-electron chi connectivity index (χ0n) is 9.66. The molecule has 0 unspecified atom stereocenters. The molecule has 0 atom stereocenters. The maximum Gasteiger partial charge on any atom is 0.335 e. The van der Waals surface area contributed by atoms with E-state index in [2.05, 4.69) is 0 Å². The number of hydrogen-bond donors (Lipinski definition) is 2. The molecule has 0 spiro atoms. The molecule has 2 aromatic carbocycles. The smallest absolute Gasteiger partial charge is 0.335 e. The summed E-state index contributed by atoms with van der Waals surface area (Å²) in [5.41, 5.74) is 2.13. The van der Waals surface area contributed by atoms with E-state index in [9.17, 15) is 9.59 Å². The third kappa shape index (κ3) is 3.43. The van der Waals surface area contributed by atoms with Gasteiger partial charge in [-0.25, -0.2) is 9.59 Å². The van der Waals surface area contributed by atoms with E-state index in [-0.39, 0.29) is 27.9 Å². The summed E-state index contributed by atoms with van der Waals surface area (Å²) in [5.74, 6) is -1.94. The van der Waals surface area contributed by atoms with Crippen LogP contribution in [0.4, 0.5) is 0 Å². The molecule has 0 aliphatic heterocycles. The summed E-state index contributed by atoms with van der Waals surface area (Å²) in [4.78, 5) is 21.4. The molecule has 2 N–H and O–H groups in total. The molecule has 4 nitrogen and oxygen atoms in total. The Morgan fingerprint density at radius 2 is 0.895 bits per heavy atom. The number of aromatic carboxylic acids is 2. The van der Waals surface area contributed by atoms with Crippen LogP contribution in [-0.2, 0) is 16.8 Å². The Morgan fingerprint density at radius 3 is 1.11 bits per heavy atom. The molecular weight excluding hydrogens is 291 g/mol. The minimum absolute atomic E-state index is 0. The molecule has 0 bridgehead atoms. The van der Waals surface area contributed by atoms with Crippen molar-refractivity contribution in [2.45, 2.75) is 0 Å². The second-order valence-corrected chi connectivity index (χ2v) is 3.77. The fourth-order valence-electron chi connectivity index (χ4n) is 1.61. The molecule has 0 aromatic heterocycles. The van der Waals surface area contributed by atoms with Crippen molar-refractivity contribution in [3.63, 3.8) is 0 Å². The first-order valence-corrected chi connectivity index (χ1v) is 5.25. The Balaban J connectivity index is 0.00000180. The Kier molecular flexibility index (Phi) is 4.85. The molecule has 5 heteroatoms. The molecule has 0 heterocycles. The standard InChI is InChI=1S/C14H10O4.Co/c15-13(16)11-5-1-9(2-6-11)10-3-7-12(8-4-10)14(17)18;/h1-8H,(H,15,16)(H,17,18);. The van der Waals surface area contributed by atoms with Gasteiger partial charge in [-0.3, -0.25) is 0 Å². The van der Waals surface area contributed by atoms with Crippen LogP contribution in [0.1, 0.15) is 20.7 Å². The molecule has 1 radical (unpaired) electrons. The van der Waals surface area contributed by atoms with E-state index in [1.54, 1.807) is 24.3 Å². The van der Waals surface area contributed by atoms with Crippen LogP contribution in [-0.4, -0.2) is 22.2 Å². The Morgan fingerprint density at radius 1 is 0.632 bits per heavy atom. The number of benzene rings is 2. The maximum absolute atomic E-state index is 10.7. The molecule has 2 rings (SSSR count). The van der Waals surface area contributed by atoms with Gasteiger partial charge >= 0.3 is 11.9 Å². The first kappa shape index (κ1) is 14.9. The van der Waals surface area contributed by atoms with Gasteiger partial charge in [-0.1, -0.05) is 24.3 Å². The van der Waals surface area contributed by atoms with Crippen LogP contribution in [0.3, 0.4) is 0 Å². The van der Waals surface area contributed by atoms with Gasteiger partial charge in [0, 0.05) is 16.8 Å². The van der Waals surface area contributed by atoms with Crippen LogP contribution < -0.4 is 0 Å². The van der Waals surface area contributed by atoms with Crippen molar-refractivity contribution in [3.05, 3.63) is 59.7 Å². The van der Waals surface area contributed by atoms with E-state index >= 15 is 0 Å². The average Bonchev–Trinajstić information content (AvgIpc) is 2.39. The first-order valence-electron chi connectivity index (χ1n) is 5.25. The first-order chi connectivity index (χ1) is 8.58. The van der Waals surface area contributed by atoms with Crippen LogP contribution in [0.5, 0.6) is 0 Å². The minimum Gasteiger partial charge on any atom is -0.478 e. The summed E-state index contributed by atoms with van der Waals surface area (Å²) in [6.07, 6.45) is 0. The molecule has 0 aliphatic carbocycles. The van der Waals surface area contributed by atoms with Gasteiger partial charge in [0.05, 0.1) is 11.1 Å².